The van der Waals surface area contributed by atoms with Crippen LogP contribution in [0, 0.1) is 6.92 Å². The Morgan fingerprint density at radius 3 is 2.28 bits per heavy atom. The van der Waals surface area contributed by atoms with Crippen molar-refractivity contribution in [3.05, 3.63) is 65.2 Å². The van der Waals surface area contributed by atoms with Gasteiger partial charge in [0.15, 0.2) is 0 Å². The van der Waals surface area contributed by atoms with Crippen LogP contribution in [0.2, 0.25) is 0 Å². The number of benzene rings is 2. The van der Waals surface area contributed by atoms with Crippen LogP contribution in [0.5, 0.6) is 5.75 Å². The molecule has 1 fully saturated rings. The van der Waals surface area contributed by atoms with E-state index in [1.807, 2.05) is 29.2 Å². The maximum absolute atomic E-state index is 12.6. The standard InChI is InChI=1S/C21H26N2O2/c1-17-7-3-4-9-19(17)16-22-11-13-23(14-12-22)21(24)15-18-8-5-6-10-20(18)25-2/h3-10H,11-16H2,1-2H3. The first-order chi connectivity index (χ1) is 12.2. The van der Waals surface area contributed by atoms with Crippen molar-refractivity contribution in [1.82, 2.24) is 9.80 Å². The molecule has 0 N–H and O–H groups in total. The zero-order valence-corrected chi connectivity index (χ0v) is 15.1. The molecule has 2 aromatic rings. The molecule has 4 nitrogen and oxygen atoms in total. The zero-order chi connectivity index (χ0) is 17.6. The van der Waals surface area contributed by atoms with Crippen molar-refractivity contribution in [2.45, 2.75) is 19.9 Å². The van der Waals surface area contributed by atoms with Crippen LogP contribution in [-0.4, -0.2) is 49.0 Å². The third kappa shape index (κ3) is 4.40. The van der Waals surface area contributed by atoms with E-state index in [-0.39, 0.29) is 5.91 Å². The van der Waals surface area contributed by atoms with E-state index in [4.69, 9.17) is 4.74 Å². The summed E-state index contributed by atoms with van der Waals surface area (Å²) in [6.07, 6.45) is 0.405. The Labute approximate surface area is 150 Å². The molecule has 1 amide bonds. The third-order valence-electron chi connectivity index (χ3n) is 4.91. The molecule has 1 aliphatic heterocycles. The summed E-state index contributed by atoms with van der Waals surface area (Å²) in [7, 11) is 1.65. The highest BCUT2D eigenvalue weighted by Gasteiger charge is 2.22. The normalized spacial score (nSPS) is 15.2. The first-order valence-corrected chi connectivity index (χ1v) is 8.84. The van der Waals surface area contributed by atoms with Gasteiger partial charge in [0.05, 0.1) is 13.5 Å². The lowest BCUT2D eigenvalue weighted by molar-refractivity contribution is -0.132. The lowest BCUT2D eigenvalue weighted by Gasteiger charge is -2.35. The molecule has 4 heteroatoms. The smallest absolute Gasteiger partial charge is 0.227 e. The minimum atomic E-state index is 0.181. The molecule has 0 bridgehead atoms. The number of carbonyl (C=O) groups excluding carboxylic acids is 1. The van der Waals surface area contributed by atoms with Crippen LogP contribution < -0.4 is 4.74 Å². The average molecular weight is 338 g/mol. The molecule has 0 spiro atoms. The highest BCUT2D eigenvalue weighted by molar-refractivity contribution is 5.79. The summed E-state index contributed by atoms with van der Waals surface area (Å²) in [5.74, 6) is 0.967. The molecule has 2 aromatic carbocycles. The molecule has 0 aromatic heterocycles. The van der Waals surface area contributed by atoms with Gasteiger partial charge in [-0.1, -0.05) is 42.5 Å². The van der Waals surface area contributed by atoms with E-state index in [0.29, 0.717) is 6.42 Å². The molecule has 1 aliphatic rings. The molecule has 1 saturated heterocycles. The van der Waals surface area contributed by atoms with Gasteiger partial charge in [-0.15, -0.1) is 0 Å². The summed E-state index contributed by atoms with van der Waals surface area (Å²) in [5.41, 5.74) is 3.66. The molecule has 25 heavy (non-hydrogen) atoms. The topological polar surface area (TPSA) is 32.8 Å². The highest BCUT2D eigenvalue weighted by atomic mass is 16.5. The van der Waals surface area contributed by atoms with Crippen LogP contribution in [0.4, 0.5) is 0 Å². The summed E-state index contributed by atoms with van der Waals surface area (Å²) in [6, 6.07) is 16.3. The van der Waals surface area contributed by atoms with Crippen molar-refractivity contribution in [2.75, 3.05) is 33.3 Å². The second-order valence-electron chi connectivity index (χ2n) is 6.57. The number of rotatable bonds is 5. The summed E-state index contributed by atoms with van der Waals surface area (Å²) < 4.78 is 5.35. The minimum Gasteiger partial charge on any atom is -0.496 e. The number of hydrogen-bond donors (Lipinski definition) is 0. The molecule has 3 rings (SSSR count). The number of aryl methyl sites for hydroxylation is 1. The second-order valence-corrected chi connectivity index (χ2v) is 6.57. The van der Waals surface area contributed by atoms with Crippen molar-refractivity contribution >= 4 is 5.91 Å². The van der Waals surface area contributed by atoms with E-state index in [0.717, 1.165) is 44.0 Å². The number of para-hydroxylation sites is 1. The van der Waals surface area contributed by atoms with E-state index >= 15 is 0 Å². The molecule has 0 saturated carbocycles. The lowest BCUT2D eigenvalue weighted by Crippen LogP contribution is -2.48. The SMILES string of the molecule is COc1ccccc1CC(=O)N1CCN(Cc2ccccc2C)CC1. The van der Waals surface area contributed by atoms with Gasteiger partial charge in [-0.25, -0.2) is 0 Å². The number of nitrogens with zero attached hydrogens (tertiary/aromatic N) is 2. The van der Waals surface area contributed by atoms with E-state index < -0.39 is 0 Å². The Hall–Kier alpha value is -2.33. The van der Waals surface area contributed by atoms with Crippen LogP contribution in [0.15, 0.2) is 48.5 Å². The van der Waals surface area contributed by atoms with Gasteiger partial charge in [-0.2, -0.15) is 0 Å². The molecule has 0 unspecified atom stereocenters. The van der Waals surface area contributed by atoms with E-state index in [2.05, 4.69) is 36.1 Å². The van der Waals surface area contributed by atoms with Crippen LogP contribution >= 0.6 is 0 Å². The molecule has 0 aliphatic carbocycles. The fourth-order valence-corrected chi connectivity index (χ4v) is 3.31. The number of piperazine rings is 1. The first-order valence-electron chi connectivity index (χ1n) is 8.84. The Kier molecular flexibility index (Phi) is 5.71. The fraction of sp³-hybridized carbons (Fsp3) is 0.381. The van der Waals surface area contributed by atoms with Gasteiger partial charge < -0.3 is 9.64 Å². The maximum atomic E-state index is 12.6. The predicted octanol–water partition coefficient (Wildman–Crippen LogP) is 2.89. The molecule has 0 radical (unpaired) electrons. The van der Waals surface area contributed by atoms with E-state index in [1.54, 1.807) is 7.11 Å². The molecular formula is C21H26N2O2. The van der Waals surface area contributed by atoms with E-state index in [9.17, 15) is 4.79 Å². The largest absolute Gasteiger partial charge is 0.496 e. The van der Waals surface area contributed by atoms with Gasteiger partial charge >= 0.3 is 0 Å². The van der Waals surface area contributed by atoms with Gasteiger partial charge in [-0.05, 0) is 24.1 Å². The number of methoxy groups -OCH3 is 1. The molecule has 132 valence electrons. The Bertz CT molecular complexity index is 721. The highest BCUT2D eigenvalue weighted by Crippen LogP contribution is 2.19. The monoisotopic (exact) mass is 338 g/mol. The van der Waals surface area contributed by atoms with Crippen LogP contribution in [0.3, 0.4) is 0 Å². The van der Waals surface area contributed by atoms with Crippen LogP contribution in [0.25, 0.3) is 0 Å². The van der Waals surface area contributed by atoms with Gasteiger partial charge in [0.25, 0.3) is 0 Å². The summed E-state index contributed by atoms with van der Waals surface area (Å²) in [5, 5.41) is 0. The summed E-state index contributed by atoms with van der Waals surface area (Å²) in [4.78, 5) is 17.0. The summed E-state index contributed by atoms with van der Waals surface area (Å²) >= 11 is 0. The first kappa shape index (κ1) is 17.5. The maximum Gasteiger partial charge on any atom is 0.227 e. The lowest BCUT2D eigenvalue weighted by atomic mass is 10.1. The Balaban J connectivity index is 1.53. The number of amides is 1. The van der Waals surface area contributed by atoms with Gasteiger partial charge in [0.1, 0.15) is 5.75 Å². The number of hydrogen-bond acceptors (Lipinski definition) is 3. The third-order valence-corrected chi connectivity index (χ3v) is 4.91. The van der Waals surface area contributed by atoms with Crippen LogP contribution in [0.1, 0.15) is 16.7 Å². The average Bonchev–Trinajstić information content (AvgIpc) is 2.64. The molecule has 0 atom stereocenters. The van der Waals surface area contributed by atoms with Gasteiger partial charge in [0, 0.05) is 38.3 Å². The van der Waals surface area contributed by atoms with Crippen LogP contribution in [-0.2, 0) is 17.8 Å². The number of carbonyl (C=O) groups is 1. The second kappa shape index (κ2) is 8.17. The minimum absolute atomic E-state index is 0.181. The van der Waals surface area contributed by atoms with Gasteiger partial charge in [0.2, 0.25) is 5.91 Å². The Morgan fingerprint density at radius 1 is 0.960 bits per heavy atom. The van der Waals surface area contributed by atoms with Gasteiger partial charge in [-0.3, -0.25) is 9.69 Å². The van der Waals surface area contributed by atoms with Crippen molar-refractivity contribution in [1.29, 1.82) is 0 Å². The molecule has 1 heterocycles. The molecular weight excluding hydrogens is 312 g/mol. The fourth-order valence-electron chi connectivity index (χ4n) is 3.31. The van der Waals surface area contributed by atoms with Crippen molar-refractivity contribution in [2.24, 2.45) is 0 Å². The van der Waals surface area contributed by atoms with E-state index in [1.165, 1.54) is 11.1 Å². The zero-order valence-electron chi connectivity index (χ0n) is 15.1. The van der Waals surface area contributed by atoms with Crippen molar-refractivity contribution in [3.63, 3.8) is 0 Å². The summed E-state index contributed by atoms with van der Waals surface area (Å²) in [6.45, 7) is 6.54. The predicted molar refractivity (Wildman–Crippen MR) is 99.7 cm³/mol. The van der Waals surface area contributed by atoms with Crippen molar-refractivity contribution in [3.8, 4) is 5.75 Å². The van der Waals surface area contributed by atoms with Crippen molar-refractivity contribution < 1.29 is 9.53 Å². The Morgan fingerprint density at radius 2 is 1.60 bits per heavy atom. The quantitative estimate of drug-likeness (QED) is 0.840. The number of ether oxygens (including phenoxy) is 1.